The summed E-state index contributed by atoms with van der Waals surface area (Å²) in [6.07, 6.45) is 1.54. The zero-order chi connectivity index (χ0) is 9.31. The van der Waals surface area contributed by atoms with Crippen molar-refractivity contribution in [3.05, 3.63) is 24.4 Å². The van der Waals surface area contributed by atoms with Crippen molar-refractivity contribution in [2.24, 2.45) is 0 Å². The van der Waals surface area contributed by atoms with Gasteiger partial charge >= 0.3 is 10.3 Å². The standard InChI is InChI=1S/C7H8N2O3S/c10-13(11)9(5-6-12-13)7-3-1-2-4-8-7/h1-4H,5-6H2. The first kappa shape index (κ1) is 8.46. The Hall–Kier alpha value is -1.14. The van der Waals surface area contributed by atoms with Crippen LogP contribution in [0.25, 0.3) is 0 Å². The summed E-state index contributed by atoms with van der Waals surface area (Å²) in [5.74, 6) is 0.403. The van der Waals surface area contributed by atoms with Gasteiger partial charge in [0.1, 0.15) is 5.82 Å². The first-order chi connectivity index (χ1) is 6.20. The highest BCUT2D eigenvalue weighted by Crippen LogP contribution is 2.19. The van der Waals surface area contributed by atoms with Gasteiger partial charge in [-0.2, -0.15) is 8.42 Å². The molecule has 1 aliphatic heterocycles. The van der Waals surface area contributed by atoms with E-state index in [1.807, 2.05) is 0 Å². The highest BCUT2D eigenvalue weighted by atomic mass is 32.2. The van der Waals surface area contributed by atoms with Crippen molar-refractivity contribution >= 4 is 16.1 Å². The summed E-state index contributed by atoms with van der Waals surface area (Å²) in [6, 6.07) is 5.09. The Morgan fingerprint density at radius 1 is 1.46 bits per heavy atom. The first-order valence-corrected chi connectivity index (χ1v) is 5.15. The molecule has 1 aromatic rings. The van der Waals surface area contributed by atoms with E-state index >= 15 is 0 Å². The van der Waals surface area contributed by atoms with Gasteiger partial charge in [0, 0.05) is 6.20 Å². The molecule has 70 valence electrons. The molecule has 0 bridgehead atoms. The number of aromatic nitrogens is 1. The van der Waals surface area contributed by atoms with E-state index in [2.05, 4.69) is 9.17 Å². The second-order valence-electron chi connectivity index (χ2n) is 2.54. The van der Waals surface area contributed by atoms with Crippen molar-refractivity contribution in [1.82, 2.24) is 4.98 Å². The van der Waals surface area contributed by atoms with Gasteiger partial charge in [0.05, 0.1) is 13.2 Å². The molecule has 1 saturated heterocycles. The zero-order valence-corrected chi connectivity index (χ0v) is 7.57. The predicted molar refractivity (Wildman–Crippen MR) is 46.5 cm³/mol. The number of pyridine rings is 1. The van der Waals surface area contributed by atoms with Crippen LogP contribution in [0.2, 0.25) is 0 Å². The van der Waals surface area contributed by atoms with E-state index in [9.17, 15) is 8.42 Å². The third kappa shape index (κ3) is 1.50. The van der Waals surface area contributed by atoms with E-state index in [0.717, 1.165) is 4.31 Å². The topological polar surface area (TPSA) is 59.5 Å². The summed E-state index contributed by atoms with van der Waals surface area (Å²) in [6.45, 7) is 0.526. The quantitative estimate of drug-likeness (QED) is 0.648. The zero-order valence-electron chi connectivity index (χ0n) is 6.75. The van der Waals surface area contributed by atoms with Gasteiger partial charge in [-0.15, -0.1) is 0 Å². The molecule has 0 atom stereocenters. The van der Waals surface area contributed by atoms with Crippen molar-refractivity contribution in [2.45, 2.75) is 0 Å². The number of anilines is 1. The predicted octanol–water partition coefficient (Wildman–Crippen LogP) is 0.163. The molecule has 0 spiro atoms. The van der Waals surface area contributed by atoms with Crippen LogP contribution in [0.5, 0.6) is 0 Å². The molecular weight excluding hydrogens is 192 g/mol. The van der Waals surface area contributed by atoms with E-state index in [1.165, 1.54) is 0 Å². The third-order valence-electron chi connectivity index (χ3n) is 1.70. The van der Waals surface area contributed by atoms with Crippen LogP contribution in [0.15, 0.2) is 24.4 Å². The molecule has 0 N–H and O–H groups in total. The van der Waals surface area contributed by atoms with Gasteiger partial charge in [-0.25, -0.2) is 9.29 Å². The molecular formula is C7H8N2O3S. The molecule has 1 fully saturated rings. The van der Waals surface area contributed by atoms with Crippen molar-refractivity contribution in [1.29, 1.82) is 0 Å². The number of hydrogen-bond acceptors (Lipinski definition) is 4. The minimum Gasteiger partial charge on any atom is -0.252 e. The van der Waals surface area contributed by atoms with Crippen LogP contribution in [0, 0.1) is 0 Å². The molecule has 0 unspecified atom stereocenters. The second kappa shape index (κ2) is 2.97. The maximum atomic E-state index is 11.2. The van der Waals surface area contributed by atoms with E-state index < -0.39 is 10.3 Å². The average molecular weight is 200 g/mol. The highest BCUT2D eigenvalue weighted by Gasteiger charge is 2.30. The lowest BCUT2D eigenvalue weighted by atomic mass is 10.4. The number of hydrogen-bond donors (Lipinski definition) is 0. The molecule has 0 saturated carbocycles. The lowest BCUT2D eigenvalue weighted by Crippen LogP contribution is -2.25. The lowest BCUT2D eigenvalue weighted by Gasteiger charge is -2.12. The van der Waals surface area contributed by atoms with Crippen molar-refractivity contribution in [3.63, 3.8) is 0 Å². The summed E-state index contributed by atoms with van der Waals surface area (Å²) in [5, 5.41) is 0. The molecule has 0 aromatic carbocycles. The smallest absolute Gasteiger partial charge is 0.252 e. The summed E-state index contributed by atoms with van der Waals surface area (Å²) in [7, 11) is -3.57. The van der Waals surface area contributed by atoms with Gasteiger partial charge < -0.3 is 0 Å². The molecule has 2 heterocycles. The van der Waals surface area contributed by atoms with Crippen LogP contribution in [0.4, 0.5) is 5.82 Å². The third-order valence-corrected chi connectivity index (χ3v) is 3.08. The van der Waals surface area contributed by atoms with E-state index in [-0.39, 0.29) is 6.61 Å². The lowest BCUT2D eigenvalue weighted by molar-refractivity contribution is 0.362. The molecule has 5 nitrogen and oxygen atoms in total. The van der Waals surface area contributed by atoms with Crippen LogP contribution < -0.4 is 4.31 Å². The largest absolute Gasteiger partial charge is 0.363 e. The maximum Gasteiger partial charge on any atom is 0.363 e. The SMILES string of the molecule is O=S1(=O)OCCN1c1ccccn1. The summed E-state index contributed by atoms with van der Waals surface area (Å²) < 4.78 is 28.2. The van der Waals surface area contributed by atoms with Crippen molar-refractivity contribution in [2.75, 3.05) is 17.5 Å². The minimum atomic E-state index is -3.57. The highest BCUT2D eigenvalue weighted by molar-refractivity contribution is 7.88. The fourth-order valence-corrected chi connectivity index (χ4v) is 2.18. The van der Waals surface area contributed by atoms with Crippen LogP contribution in [0.3, 0.4) is 0 Å². The molecule has 6 heteroatoms. The van der Waals surface area contributed by atoms with Gasteiger partial charge in [0.25, 0.3) is 0 Å². The Kier molecular flexibility index (Phi) is 1.93. The Morgan fingerprint density at radius 2 is 2.31 bits per heavy atom. The molecule has 0 amide bonds. The van der Waals surface area contributed by atoms with Crippen molar-refractivity contribution in [3.8, 4) is 0 Å². The Balaban J connectivity index is 2.38. The average Bonchev–Trinajstić information content (AvgIpc) is 2.47. The van der Waals surface area contributed by atoms with Crippen LogP contribution in [-0.4, -0.2) is 26.6 Å². The fourth-order valence-electron chi connectivity index (χ4n) is 1.13. The number of rotatable bonds is 1. The monoisotopic (exact) mass is 200 g/mol. The van der Waals surface area contributed by atoms with E-state index in [1.54, 1.807) is 24.4 Å². The molecule has 1 aromatic heterocycles. The second-order valence-corrected chi connectivity index (χ2v) is 4.07. The van der Waals surface area contributed by atoms with Gasteiger partial charge in [-0.1, -0.05) is 6.07 Å². The van der Waals surface area contributed by atoms with Gasteiger partial charge in [0.2, 0.25) is 0 Å². The fraction of sp³-hybridized carbons (Fsp3) is 0.286. The van der Waals surface area contributed by atoms with Crippen LogP contribution in [0.1, 0.15) is 0 Å². The summed E-state index contributed by atoms with van der Waals surface area (Å²) >= 11 is 0. The van der Waals surface area contributed by atoms with Gasteiger partial charge in [0.15, 0.2) is 0 Å². The first-order valence-electron chi connectivity index (χ1n) is 3.78. The summed E-state index contributed by atoms with van der Waals surface area (Å²) in [4.78, 5) is 3.92. The van der Waals surface area contributed by atoms with Crippen LogP contribution >= 0.6 is 0 Å². The molecule has 0 aliphatic carbocycles. The molecule has 13 heavy (non-hydrogen) atoms. The normalized spacial score (nSPS) is 20.5. The van der Waals surface area contributed by atoms with Crippen LogP contribution in [-0.2, 0) is 14.5 Å². The van der Waals surface area contributed by atoms with Gasteiger partial charge in [-0.3, -0.25) is 4.18 Å². The molecule has 2 rings (SSSR count). The van der Waals surface area contributed by atoms with E-state index in [4.69, 9.17) is 0 Å². The Labute approximate surface area is 76.2 Å². The van der Waals surface area contributed by atoms with E-state index in [0.29, 0.717) is 12.4 Å². The summed E-state index contributed by atoms with van der Waals surface area (Å²) in [5.41, 5.74) is 0. The Morgan fingerprint density at radius 3 is 2.85 bits per heavy atom. The Bertz CT molecular complexity index is 389. The van der Waals surface area contributed by atoms with Gasteiger partial charge in [-0.05, 0) is 12.1 Å². The molecule has 0 radical (unpaired) electrons. The maximum absolute atomic E-state index is 11.2. The number of nitrogens with zero attached hydrogens (tertiary/aromatic N) is 2. The minimum absolute atomic E-state index is 0.193. The molecule has 1 aliphatic rings. The van der Waals surface area contributed by atoms with Crippen molar-refractivity contribution < 1.29 is 12.6 Å².